The molecule has 0 fully saturated rings. The topological polar surface area (TPSA) is 83.2 Å². The van der Waals surface area contributed by atoms with E-state index >= 15 is 0 Å². The summed E-state index contributed by atoms with van der Waals surface area (Å²) in [5, 5.41) is 13.4. The molecule has 9 heteroatoms. The standard InChI is InChI=1S/C20H13BrN4O3S/c21-14-3-1-2-12(8-14)15-5-7-19(24-23-15)29-10-18-22-20(25-28-18)13-4-6-16-17(9-13)27-11-26-16/h1-9H,10-11H2. The molecule has 0 spiro atoms. The van der Waals surface area contributed by atoms with Crippen molar-refractivity contribution in [1.29, 1.82) is 0 Å². The third-order valence-corrected chi connectivity index (χ3v) is 5.60. The number of aromatic nitrogens is 4. The van der Waals surface area contributed by atoms with E-state index in [2.05, 4.69) is 36.3 Å². The fourth-order valence-corrected chi connectivity index (χ4v) is 3.85. The fraction of sp³-hybridized carbons (Fsp3) is 0.100. The summed E-state index contributed by atoms with van der Waals surface area (Å²) in [6, 6.07) is 17.4. The molecule has 0 saturated heterocycles. The van der Waals surface area contributed by atoms with Gasteiger partial charge in [-0.3, -0.25) is 0 Å². The summed E-state index contributed by atoms with van der Waals surface area (Å²) < 4.78 is 17.1. The predicted octanol–water partition coefficient (Wildman–Crippen LogP) is 4.98. The van der Waals surface area contributed by atoms with E-state index in [-0.39, 0.29) is 6.79 Å². The van der Waals surface area contributed by atoms with Crippen LogP contribution in [0.3, 0.4) is 0 Å². The summed E-state index contributed by atoms with van der Waals surface area (Å²) in [4.78, 5) is 4.45. The number of ether oxygens (including phenoxy) is 2. The van der Waals surface area contributed by atoms with Crippen molar-refractivity contribution < 1.29 is 14.0 Å². The van der Waals surface area contributed by atoms with Gasteiger partial charge in [-0.25, -0.2) is 0 Å². The molecule has 3 heterocycles. The van der Waals surface area contributed by atoms with Crippen molar-refractivity contribution in [2.75, 3.05) is 6.79 Å². The lowest BCUT2D eigenvalue weighted by Crippen LogP contribution is -1.92. The van der Waals surface area contributed by atoms with Crippen LogP contribution in [0.4, 0.5) is 0 Å². The highest BCUT2D eigenvalue weighted by molar-refractivity contribution is 9.10. The Balaban J connectivity index is 1.25. The van der Waals surface area contributed by atoms with Gasteiger partial charge in [0.25, 0.3) is 0 Å². The van der Waals surface area contributed by atoms with Crippen molar-refractivity contribution in [2.24, 2.45) is 0 Å². The van der Waals surface area contributed by atoms with Gasteiger partial charge in [-0.2, -0.15) is 4.98 Å². The highest BCUT2D eigenvalue weighted by atomic mass is 79.9. The van der Waals surface area contributed by atoms with Crippen LogP contribution in [0.25, 0.3) is 22.6 Å². The van der Waals surface area contributed by atoms with Crippen LogP contribution in [0.15, 0.2) is 68.6 Å². The van der Waals surface area contributed by atoms with E-state index in [1.807, 2.05) is 54.6 Å². The molecule has 1 aliphatic heterocycles. The van der Waals surface area contributed by atoms with Crippen LogP contribution in [-0.2, 0) is 5.75 Å². The first-order valence-corrected chi connectivity index (χ1v) is 10.5. The maximum atomic E-state index is 5.39. The molecule has 5 rings (SSSR count). The molecule has 0 aliphatic carbocycles. The highest BCUT2D eigenvalue weighted by Gasteiger charge is 2.16. The third-order valence-electron chi connectivity index (χ3n) is 4.20. The Labute approximate surface area is 178 Å². The van der Waals surface area contributed by atoms with Crippen LogP contribution in [0.5, 0.6) is 11.5 Å². The molecule has 0 amide bonds. The summed E-state index contributed by atoms with van der Waals surface area (Å²) >= 11 is 4.95. The number of hydrogen-bond acceptors (Lipinski definition) is 8. The van der Waals surface area contributed by atoms with Crippen LogP contribution in [0, 0.1) is 0 Å². The molecule has 0 unspecified atom stereocenters. The predicted molar refractivity (Wildman–Crippen MR) is 111 cm³/mol. The number of fused-ring (bicyclic) bond motifs is 1. The van der Waals surface area contributed by atoms with E-state index < -0.39 is 0 Å². The van der Waals surface area contributed by atoms with Gasteiger partial charge in [0, 0.05) is 15.6 Å². The minimum Gasteiger partial charge on any atom is -0.454 e. The molecule has 2 aromatic carbocycles. The van der Waals surface area contributed by atoms with Crippen molar-refractivity contribution in [3.05, 3.63) is 65.0 Å². The third kappa shape index (κ3) is 3.96. The Morgan fingerprint density at radius 1 is 0.931 bits per heavy atom. The molecule has 0 bridgehead atoms. The van der Waals surface area contributed by atoms with Crippen molar-refractivity contribution in [3.63, 3.8) is 0 Å². The molecule has 7 nitrogen and oxygen atoms in total. The lowest BCUT2D eigenvalue weighted by atomic mass is 10.1. The normalized spacial score (nSPS) is 12.3. The SMILES string of the molecule is Brc1cccc(-c2ccc(SCc3nc(-c4ccc5c(c4)OCO5)no3)nn2)c1. The van der Waals surface area contributed by atoms with Crippen LogP contribution in [0.2, 0.25) is 0 Å². The van der Waals surface area contributed by atoms with Gasteiger partial charge in [-0.15, -0.1) is 10.2 Å². The fourth-order valence-electron chi connectivity index (χ4n) is 2.80. The van der Waals surface area contributed by atoms with E-state index in [1.54, 1.807) is 0 Å². The minimum atomic E-state index is 0.230. The molecule has 2 aromatic heterocycles. The maximum absolute atomic E-state index is 5.39. The Kier molecular flexibility index (Phi) is 4.91. The smallest absolute Gasteiger partial charge is 0.237 e. The van der Waals surface area contributed by atoms with Crippen molar-refractivity contribution in [2.45, 2.75) is 10.8 Å². The molecular weight excluding hydrogens is 456 g/mol. The average molecular weight is 469 g/mol. The van der Waals surface area contributed by atoms with Crippen LogP contribution in [-0.4, -0.2) is 27.1 Å². The van der Waals surface area contributed by atoms with Gasteiger partial charge in [0.15, 0.2) is 11.5 Å². The lowest BCUT2D eigenvalue weighted by Gasteiger charge is -2.02. The number of rotatable bonds is 5. The molecule has 0 radical (unpaired) electrons. The summed E-state index contributed by atoms with van der Waals surface area (Å²) in [5.41, 5.74) is 2.64. The Hall–Kier alpha value is -2.91. The monoisotopic (exact) mass is 468 g/mol. The number of thioether (sulfide) groups is 1. The van der Waals surface area contributed by atoms with Crippen LogP contribution < -0.4 is 9.47 Å². The highest BCUT2D eigenvalue weighted by Crippen LogP contribution is 2.35. The Morgan fingerprint density at radius 3 is 2.72 bits per heavy atom. The van der Waals surface area contributed by atoms with E-state index in [9.17, 15) is 0 Å². The molecule has 0 N–H and O–H groups in total. The zero-order valence-corrected chi connectivity index (χ0v) is 17.3. The maximum Gasteiger partial charge on any atom is 0.237 e. The number of halogens is 1. The van der Waals surface area contributed by atoms with Crippen LogP contribution in [0.1, 0.15) is 5.89 Å². The summed E-state index contributed by atoms with van der Waals surface area (Å²) in [6.07, 6.45) is 0. The number of benzene rings is 2. The van der Waals surface area contributed by atoms with E-state index in [1.165, 1.54) is 11.8 Å². The number of nitrogens with zero attached hydrogens (tertiary/aromatic N) is 4. The molecule has 0 saturated carbocycles. The minimum absolute atomic E-state index is 0.230. The molecule has 1 aliphatic rings. The van der Waals surface area contributed by atoms with Gasteiger partial charge >= 0.3 is 0 Å². The summed E-state index contributed by atoms with van der Waals surface area (Å²) in [5.74, 6) is 2.93. The molecule has 29 heavy (non-hydrogen) atoms. The van der Waals surface area contributed by atoms with Gasteiger partial charge in [0.05, 0.1) is 11.4 Å². The zero-order valence-electron chi connectivity index (χ0n) is 14.9. The van der Waals surface area contributed by atoms with Gasteiger partial charge in [-0.1, -0.05) is 45.0 Å². The van der Waals surface area contributed by atoms with Crippen LogP contribution >= 0.6 is 27.7 Å². The van der Waals surface area contributed by atoms with Crippen molar-refractivity contribution in [3.8, 4) is 34.1 Å². The van der Waals surface area contributed by atoms with Gasteiger partial charge in [0.1, 0.15) is 5.03 Å². The van der Waals surface area contributed by atoms with Crippen molar-refractivity contribution >= 4 is 27.7 Å². The van der Waals surface area contributed by atoms with Gasteiger partial charge in [-0.05, 0) is 42.5 Å². The largest absolute Gasteiger partial charge is 0.454 e. The van der Waals surface area contributed by atoms with E-state index in [0.717, 1.165) is 32.1 Å². The number of hydrogen-bond donors (Lipinski definition) is 0. The zero-order chi connectivity index (χ0) is 19.6. The molecule has 144 valence electrons. The Morgan fingerprint density at radius 2 is 1.86 bits per heavy atom. The van der Waals surface area contributed by atoms with E-state index in [0.29, 0.717) is 23.2 Å². The van der Waals surface area contributed by atoms with Crippen molar-refractivity contribution in [1.82, 2.24) is 20.3 Å². The summed E-state index contributed by atoms with van der Waals surface area (Å²) in [7, 11) is 0. The first-order chi connectivity index (χ1) is 14.2. The quantitative estimate of drug-likeness (QED) is 0.379. The first kappa shape index (κ1) is 18.1. The lowest BCUT2D eigenvalue weighted by molar-refractivity contribution is 0.174. The van der Waals surface area contributed by atoms with Gasteiger partial charge in [0.2, 0.25) is 18.5 Å². The Bertz CT molecular complexity index is 1170. The molecular formula is C20H13BrN4O3S. The molecule has 0 atom stereocenters. The summed E-state index contributed by atoms with van der Waals surface area (Å²) in [6.45, 7) is 0.230. The molecule has 4 aromatic rings. The second kappa shape index (κ2) is 7.84. The second-order valence-corrected chi connectivity index (χ2v) is 8.05. The second-order valence-electron chi connectivity index (χ2n) is 6.14. The van der Waals surface area contributed by atoms with Gasteiger partial charge < -0.3 is 14.0 Å². The first-order valence-electron chi connectivity index (χ1n) is 8.70. The van der Waals surface area contributed by atoms with E-state index in [4.69, 9.17) is 14.0 Å². The average Bonchev–Trinajstić information content (AvgIpc) is 3.41.